The average molecular weight is 521 g/mol. The van der Waals surface area contributed by atoms with Gasteiger partial charge in [0.2, 0.25) is 0 Å². The van der Waals surface area contributed by atoms with E-state index in [4.69, 9.17) is 0 Å². The Morgan fingerprint density at radius 2 is 0.875 bits per heavy atom. The van der Waals surface area contributed by atoms with Crippen molar-refractivity contribution < 1.29 is 0 Å². The molecule has 0 N–H and O–H groups in total. The number of fused-ring (bicyclic) bond motifs is 6. The van der Waals surface area contributed by atoms with Gasteiger partial charge in [0.25, 0.3) is 0 Å². The number of aromatic nitrogens is 2. The molecule has 2 heterocycles. The van der Waals surface area contributed by atoms with Crippen LogP contribution in [0.15, 0.2) is 115 Å². The van der Waals surface area contributed by atoms with Crippen molar-refractivity contribution in [3.05, 3.63) is 121 Å². The van der Waals surface area contributed by atoms with Crippen LogP contribution in [0.4, 0.5) is 0 Å². The molecular formula is C38H36N2. The van der Waals surface area contributed by atoms with Gasteiger partial charge in [0.05, 0.1) is 22.1 Å². The van der Waals surface area contributed by atoms with Crippen molar-refractivity contribution in [2.24, 2.45) is 11.3 Å². The number of hydrogen-bond acceptors (Lipinski definition) is 0. The Kier molecular flexibility index (Phi) is 5.82. The van der Waals surface area contributed by atoms with Crippen molar-refractivity contribution in [2.45, 2.75) is 40.5 Å². The van der Waals surface area contributed by atoms with Crippen LogP contribution in [0, 0.1) is 11.3 Å². The van der Waals surface area contributed by atoms with Crippen LogP contribution < -0.4 is 0 Å². The van der Waals surface area contributed by atoms with Gasteiger partial charge in [-0.3, -0.25) is 0 Å². The van der Waals surface area contributed by atoms with Crippen molar-refractivity contribution in [2.75, 3.05) is 0 Å². The average Bonchev–Trinajstić information content (AvgIpc) is 3.48. The van der Waals surface area contributed by atoms with Crippen LogP contribution in [0.5, 0.6) is 0 Å². The molecule has 0 saturated heterocycles. The Bertz CT molecular complexity index is 1770. The van der Waals surface area contributed by atoms with Crippen molar-refractivity contribution >= 4 is 43.6 Å². The summed E-state index contributed by atoms with van der Waals surface area (Å²) < 4.78 is 4.92. The van der Waals surface area contributed by atoms with E-state index in [9.17, 15) is 0 Å². The van der Waals surface area contributed by atoms with Crippen LogP contribution >= 0.6 is 0 Å². The van der Waals surface area contributed by atoms with Crippen molar-refractivity contribution in [3.8, 4) is 11.4 Å². The van der Waals surface area contributed by atoms with E-state index in [0.29, 0.717) is 5.92 Å². The molecule has 0 saturated carbocycles. The molecule has 1 atom stereocenters. The summed E-state index contributed by atoms with van der Waals surface area (Å²) in [6, 6.07) is 42.5. The smallest absolute Gasteiger partial charge is 0.0541 e. The monoisotopic (exact) mass is 520 g/mol. The number of para-hydroxylation sites is 4. The molecule has 0 fully saturated rings. The molecule has 0 spiro atoms. The van der Waals surface area contributed by atoms with Gasteiger partial charge in [-0.05, 0) is 65.8 Å². The van der Waals surface area contributed by atoms with Gasteiger partial charge in [-0.1, -0.05) is 107 Å². The lowest BCUT2D eigenvalue weighted by Gasteiger charge is -2.30. The van der Waals surface area contributed by atoms with Gasteiger partial charge >= 0.3 is 0 Å². The lowest BCUT2D eigenvalue weighted by Crippen LogP contribution is -2.22. The highest BCUT2D eigenvalue weighted by atomic mass is 15.0. The Hall–Kier alpha value is -4.30. The second kappa shape index (κ2) is 9.41. The number of hydrogen-bond donors (Lipinski definition) is 0. The predicted octanol–water partition coefficient (Wildman–Crippen LogP) is 10.5. The molecule has 2 nitrogen and oxygen atoms in total. The van der Waals surface area contributed by atoms with Crippen LogP contribution in [-0.2, 0) is 6.42 Å². The molecule has 0 radical (unpaired) electrons. The summed E-state index contributed by atoms with van der Waals surface area (Å²) in [6.07, 6.45) is 2.21. The first-order valence-corrected chi connectivity index (χ1v) is 14.5. The Labute approximate surface area is 236 Å². The first-order chi connectivity index (χ1) is 19.4. The van der Waals surface area contributed by atoms with E-state index in [2.05, 4.69) is 152 Å². The third-order valence-corrected chi connectivity index (χ3v) is 8.84. The second-order valence-electron chi connectivity index (χ2n) is 12.3. The van der Waals surface area contributed by atoms with Gasteiger partial charge in [-0.2, -0.15) is 0 Å². The quantitative estimate of drug-likeness (QED) is 0.214. The van der Waals surface area contributed by atoms with Gasteiger partial charge in [-0.15, -0.1) is 0 Å². The lowest BCUT2D eigenvalue weighted by molar-refractivity contribution is 0.231. The third-order valence-electron chi connectivity index (χ3n) is 8.84. The summed E-state index contributed by atoms with van der Waals surface area (Å²) >= 11 is 0. The first kappa shape index (κ1) is 24.7. The maximum Gasteiger partial charge on any atom is 0.0541 e. The molecule has 0 aliphatic carbocycles. The van der Waals surface area contributed by atoms with Gasteiger partial charge in [0.1, 0.15) is 0 Å². The number of nitrogens with zero attached hydrogens (tertiary/aromatic N) is 2. The lowest BCUT2D eigenvalue weighted by atomic mass is 9.76. The molecule has 0 bridgehead atoms. The molecule has 40 heavy (non-hydrogen) atoms. The van der Waals surface area contributed by atoms with Crippen molar-refractivity contribution in [1.29, 1.82) is 0 Å². The molecule has 2 heteroatoms. The molecule has 5 aromatic carbocycles. The second-order valence-corrected chi connectivity index (χ2v) is 12.3. The SMILES string of the molecule is CCC(Cc1cc(-n2c3ccccc3c3ccccc32)cc(-n2c3ccccc3c3ccccc32)c1)C(C)(C)C. The van der Waals surface area contributed by atoms with Crippen molar-refractivity contribution in [3.63, 3.8) is 0 Å². The summed E-state index contributed by atoms with van der Waals surface area (Å²) in [5.41, 5.74) is 9.05. The summed E-state index contributed by atoms with van der Waals surface area (Å²) in [5.74, 6) is 0.590. The van der Waals surface area contributed by atoms with Gasteiger partial charge in [0, 0.05) is 32.9 Å². The van der Waals surface area contributed by atoms with Crippen LogP contribution in [-0.4, -0.2) is 9.13 Å². The van der Waals surface area contributed by atoms with Gasteiger partial charge < -0.3 is 9.13 Å². The van der Waals surface area contributed by atoms with E-state index in [1.54, 1.807) is 0 Å². The van der Waals surface area contributed by atoms with Crippen LogP contribution in [0.25, 0.3) is 55.0 Å². The zero-order valence-electron chi connectivity index (χ0n) is 23.9. The normalized spacial score (nSPS) is 13.1. The summed E-state index contributed by atoms with van der Waals surface area (Å²) in [6.45, 7) is 9.48. The zero-order chi connectivity index (χ0) is 27.4. The molecule has 0 aliphatic heterocycles. The van der Waals surface area contributed by atoms with Gasteiger partial charge in [0.15, 0.2) is 0 Å². The minimum absolute atomic E-state index is 0.241. The van der Waals surface area contributed by atoms with E-state index >= 15 is 0 Å². The summed E-state index contributed by atoms with van der Waals surface area (Å²) in [7, 11) is 0. The third kappa shape index (κ3) is 3.93. The largest absolute Gasteiger partial charge is 0.309 e. The van der Waals surface area contributed by atoms with Crippen LogP contribution in [0.2, 0.25) is 0 Å². The topological polar surface area (TPSA) is 9.86 Å². The van der Waals surface area contributed by atoms with E-state index in [0.717, 1.165) is 12.8 Å². The molecule has 0 amide bonds. The Morgan fingerprint density at radius 1 is 0.525 bits per heavy atom. The summed E-state index contributed by atoms with van der Waals surface area (Å²) in [5, 5.41) is 5.18. The fourth-order valence-corrected chi connectivity index (χ4v) is 6.78. The molecule has 198 valence electrons. The highest BCUT2D eigenvalue weighted by Crippen LogP contribution is 2.38. The fraction of sp³-hybridized carbons (Fsp3) is 0.211. The highest BCUT2D eigenvalue weighted by molar-refractivity contribution is 6.10. The zero-order valence-corrected chi connectivity index (χ0v) is 23.9. The molecule has 7 aromatic rings. The number of benzene rings is 5. The molecule has 0 aliphatic rings. The minimum atomic E-state index is 0.241. The van der Waals surface area contributed by atoms with Crippen molar-refractivity contribution in [1.82, 2.24) is 9.13 Å². The van der Waals surface area contributed by atoms with Gasteiger partial charge in [-0.25, -0.2) is 0 Å². The molecule has 1 unspecified atom stereocenters. The fourth-order valence-electron chi connectivity index (χ4n) is 6.78. The van der Waals surface area contributed by atoms with Crippen LogP contribution in [0.1, 0.15) is 39.7 Å². The molecule has 7 rings (SSSR count). The van der Waals surface area contributed by atoms with E-state index in [1.165, 1.54) is 60.5 Å². The predicted molar refractivity (Wildman–Crippen MR) is 172 cm³/mol. The van der Waals surface area contributed by atoms with Crippen LogP contribution in [0.3, 0.4) is 0 Å². The van der Waals surface area contributed by atoms with E-state index in [1.807, 2.05) is 0 Å². The maximum absolute atomic E-state index is 2.46. The highest BCUT2D eigenvalue weighted by Gasteiger charge is 2.24. The molecular weight excluding hydrogens is 484 g/mol. The minimum Gasteiger partial charge on any atom is -0.309 e. The number of rotatable bonds is 5. The Morgan fingerprint density at radius 3 is 1.20 bits per heavy atom. The van der Waals surface area contributed by atoms with E-state index < -0.39 is 0 Å². The molecule has 2 aromatic heterocycles. The maximum atomic E-state index is 2.46. The summed E-state index contributed by atoms with van der Waals surface area (Å²) in [4.78, 5) is 0. The van der Waals surface area contributed by atoms with E-state index in [-0.39, 0.29) is 5.41 Å². The standard InChI is InChI=1S/C38H36N2/c1-5-27(38(2,3)4)22-26-23-28(39-34-18-10-6-14-30(34)31-15-7-11-19-35(31)39)25-29(24-26)40-36-20-12-8-16-32(36)33-17-9-13-21-37(33)40/h6-21,23-25,27H,5,22H2,1-4H3. The Balaban J connectivity index is 1.55. The first-order valence-electron chi connectivity index (χ1n) is 14.5.